The summed E-state index contributed by atoms with van der Waals surface area (Å²) in [4.78, 5) is 4.15. The molecule has 11 heavy (non-hydrogen) atoms. The summed E-state index contributed by atoms with van der Waals surface area (Å²) in [7, 11) is 0. The summed E-state index contributed by atoms with van der Waals surface area (Å²) in [6.45, 7) is 1.97. The zero-order valence-corrected chi connectivity index (χ0v) is 7.56. The van der Waals surface area contributed by atoms with E-state index in [4.69, 9.17) is 5.73 Å². The minimum atomic E-state index is 0.101. The van der Waals surface area contributed by atoms with Crippen LogP contribution < -0.4 is 5.73 Å². The van der Waals surface area contributed by atoms with Crippen LogP contribution in [0.1, 0.15) is 18.5 Å². The standard InChI is InChI=1S/C8H12N2S/c1-6(9)7-3-4-10-8(5-7)11-2/h3-6H,9H2,1-2H3. The molecule has 0 radical (unpaired) electrons. The highest BCUT2D eigenvalue weighted by Crippen LogP contribution is 2.15. The van der Waals surface area contributed by atoms with Crippen LogP contribution in [0.2, 0.25) is 0 Å². The molecule has 2 nitrogen and oxygen atoms in total. The molecule has 0 aromatic carbocycles. The van der Waals surface area contributed by atoms with Crippen molar-refractivity contribution >= 4 is 11.8 Å². The van der Waals surface area contributed by atoms with Gasteiger partial charge in [-0.05, 0) is 30.9 Å². The molecule has 0 aliphatic rings. The van der Waals surface area contributed by atoms with Gasteiger partial charge in [-0.3, -0.25) is 0 Å². The van der Waals surface area contributed by atoms with Crippen molar-refractivity contribution in [1.82, 2.24) is 4.98 Å². The molecule has 0 spiro atoms. The van der Waals surface area contributed by atoms with Crippen LogP contribution in [0, 0.1) is 0 Å². The van der Waals surface area contributed by atoms with Crippen LogP contribution in [0.25, 0.3) is 0 Å². The van der Waals surface area contributed by atoms with Gasteiger partial charge in [-0.15, -0.1) is 11.8 Å². The average molecular weight is 168 g/mol. The molecule has 1 aromatic rings. The molecule has 0 fully saturated rings. The fourth-order valence-electron chi connectivity index (χ4n) is 0.820. The zero-order valence-electron chi connectivity index (χ0n) is 6.74. The van der Waals surface area contributed by atoms with Gasteiger partial charge in [-0.1, -0.05) is 0 Å². The fourth-order valence-corrected chi connectivity index (χ4v) is 1.24. The Labute approximate surface area is 71.2 Å². The van der Waals surface area contributed by atoms with Gasteiger partial charge in [0, 0.05) is 12.2 Å². The molecule has 0 aliphatic carbocycles. The largest absolute Gasteiger partial charge is 0.324 e. The summed E-state index contributed by atoms with van der Waals surface area (Å²) in [6, 6.07) is 4.07. The van der Waals surface area contributed by atoms with Gasteiger partial charge in [0.1, 0.15) is 0 Å². The monoisotopic (exact) mass is 168 g/mol. The van der Waals surface area contributed by atoms with Crippen LogP contribution in [-0.2, 0) is 0 Å². The van der Waals surface area contributed by atoms with Crippen LogP contribution in [0.5, 0.6) is 0 Å². The second kappa shape index (κ2) is 3.74. The molecule has 0 bridgehead atoms. The summed E-state index contributed by atoms with van der Waals surface area (Å²) in [5.41, 5.74) is 6.84. The molecular formula is C8H12N2S. The van der Waals surface area contributed by atoms with Crippen molar-refractivity contribution in [3.05, 3.63) is 23.9 Å². The van der Waals surface area contributed by atoms with E-state index in [0.717, 1.165) is 10.6 Å². The molecule has 1 rings (SSSR count). The maximum absolute atomic E-state index is 5.70. The number of nitrogens with zero attached hydrogens (tertiary/aromatic N) is 1. The van der Waals surface area contributed by atoms with Gasteiger partial charge < -0.3 is 5.73 Å². The highest BCUT2D eigenvalue weighted by Gasteiger charge is 1.99. The summed E-state index contributed by atoms with van der Waals surface area (Å²) >= 11 is 1.63. The van der Waals surface area contributed by atoms with Crippen molar-refractivity contribution in [2.75, 3.05) is 6.26 Å². The molecule has 0 saturated carbocycles. The van der Waals surface area contributed by atoms with Gasteiger partial charge in [0.15, 0.2) is 0 Å². The van der Waals surface area contributed by atoms with E-state index < -0.39 is 0 Å². The Morgan fingerprint density at radius 2 is 2.36 bits per heavy atom. The zero-order chi connectivity index (χ0) is 8.27. The Bertz CT molecular complexity index is 235. The number of nitrogens with two attached hydrogens (primary N) is 1. The van der Waals surface area contributed by atoms with Crippen LogP contribution in [-0.4, -0.2) is 11.2 Å². The van der Waals surface area contributed by atoms with E-state index >= 15 is 0 Å². The number of thioether (sulfide) groups is 1. The van der Waals surface area contributed by atoms with Crippen LogP contribution in [0.15, 0.2) is 23.4 Å². The van der Waals surface area contributed by atoms with E-state index in [2.05, 4.69) is 4.98 Å². The Balaban J connectivity index is 2.91. The first-order valence-electron chi connectivity index (χ1n) is 3.49. The maximum Gasteiger partial charge on any atom is 0.0960 e. The average Bonchev–Trinajstić information content (AvgIpc) is 2.05. The van der Waals surface area contributed by atoms with Gasteiger partial charge in [0.05, 0.1) is 5.03 Å². The lowest BCUT2D eigenvalue weighted by Gasteiger charge is -2.05. The summed E-state index contributed by atoms with van der Waals surface area (Å²) in [6.07, 6.45) is 3.80. The van der Waals surface area contributed by atoms with Crippen molar-refractivity contribution in [2.45, 2.75) is 18.0 Å². The molecule has 0 aliphatic heterocycles. The van der Waals surface area contributed by atoms with Crippen molar-refractivity contribution in [3.8, 4) is 0 Å². The SMILES string of the molecule is CSc1cc(C(C)N)ccn1. The third kappa shape index (κ3) is 2.20. The Hall–Kier alpha value is -0.540. The third-order valence-corrected chi connectivity index (χ3v) is 2.14. The van der Waals surface area contributed by atoms with Gasteiger partial charge in [0.2, 0.25) is 0 Å². The second-order valence-corrected chi connectivity index (χ2v) is 3.25. The van der Waals surface area contributed by atoms with Crippen LogP contribution in [0.4, 0.5) is 0 Å². The third-order valence-electron chi connectivity index (χ3n) is 1.49. The Morgan fingerprint density at radius 3 is 2.91 bits per heavy atom. The van der Waals surface area contributed by atoms with Gasteiger partial charge in [-0.2, -0.15) is 0 Å². The van der Waals surface area contributed by atoms with Crippen LogP contribution >= 0.6 is 11.8 Å². The van der Waals surface area contributed by atoms with E-state index in [1.54, 1.807) is 18.0 Å². The number of aromatic nitrogens is 1. The minimum absolute atomic E-state index is 0.101. The molecule has 2 N–H and O–H groups in total. The van der Waals surface area contributed by atoms with Gasteiger partial charge in [-0.25, -0.2) is 4.98 Å². The molecule has 1 atom stereocenters. The predicted molar refractivity (Wildman–Crippen MR) is 48.6 cm³/mol. The quantitative estimate of drug-likeness (QED) is 0.685. The van der Waals surface area contributed by atoms with Crippen molar-refractivity contribution in [2.24, 2.45) is 5.73 Å². The molecule has 0 saturated heterocycles. The first-order valence-corrected chi connectivity index (χ1v) is 4.72. The van der Waals surface area contributed by atoms with Crippen molar-refractivity contribution < 1.29 is 0 Å². The first kappa shape index (κ1) is 8.56. The first-order chi connectivity index (χ1) is 5.24. The number of hydrogen-bond acceptors (Lipinski definition) is 3. The minimum Gasteiger partial charge on any atom is -0.324 e. The van der Waals surface area contributed by atoms with E-state index in [1.165, 1.54) is 0 Å². The van der Waals surface area contributed by atoms with E-state index in [0.29, 0.717) is 0 Å². The fraction of sp³-hybridized carbons (Fsp3) is 0.375. The summed E-state index contributed by atoms with van der Waals surface area (Å²) in [5, 5.41) is 1.03. The molecule has 1 heterocycles. The van der Waals surface area contributed by atoms with E-state index in [1.807, 2.05) is 25.3 Å². The lowest BCUT2D eigenvalue weighted by Crippen LogP contribution is -2.04. The normalized spacial score (nSPS) is 13.0. The summed E-state index contributed by atoms with van der Waals surface area (Å²) < 4.78 is 0. The molecule has 0 amide bonds. The summed E-state index contributed by atoms with van der Waals surface area (Å²) in [5.74, 6) is 0. The highest BCUT2D eigenvalue weighted by atomic mass is 32.2. The lowest BCUT2D eigenvalue weighted by molar-refractivity contribution is 0.808. The topological polar surface area (TPSA) is 38.9 Å². The molecule has 3 heteroatoms. The number of pyridine rings is 1. The molecule has 1 aromatic heterocycles. The number of rotatable bonds is 2. The molecular weight excluding hydrogens is 156 g/mol. The predicted octanol–water partition coefficient (Wildman–Crippen LogP) is 1.82. The lowest BCUT2D eigenvalue weighted by atomic mass is 10.1. The smallest absolute Gasteiger partial charge is 0.0960 e. The molecule has 1 unspecified atom stereocenters. The Kier molecular flexibility index (Phi) is 2.91. The van der Waals surface area contributed by atoms with Crippen molar-refractivity contribution in [1.29, 1.82) is 0 Å². The second-order valence-electron chi connectivity index (χ2n) is 2.42. The van der Waals surface area contributed by atoms with Crippen LogP contribution in [0.3, 0.4) is 0 Å². The maximum atomic E-state index is 5.70. The van der Waals surface area contributed by atoms with Gasteiger partial charge >= 0.3 is 0 Å². The highest BCUT2D eigenvalue weighted by molar-refractivity contribution is 7.98. The van der Waals surface area contributed by atoms with E-state index in [-0.39, 0.29) is 6.04 Å². The van der Waals surface area contributed by atoms with Gasteiger partial charge in [0.25, 0.3) is 0 Å². The van der Waals surface area contributed by atoms with Crippen molar-refractivity contribution in [3.63, 3.8) is 0 Å². The Morgan fingerprint density at radius 1 is 1.64 bits per heavy atom. The van der Waals surface area contributed by atoms with E-state index in [9.17, 15) is 0 Å². The molecule has 60 valence electrons. The number of hydrogen-bond donors (Lipinski definition) is 1.